The molecular formula is C25H26ClN3O3S. The molecule has 172 valence electrons. The topological polar surface area (TPSA) is 72.4 Å². The fourth-order valence-electron chi connectivity index (χ4n) is 3.39. The molecule has 8 heteroatoms. The van der Waals surface area contributed by atoms with Crippen molar-refractivity contribution >= 4 is 44.1 Å². The molecule has 0 N–H and O–H groups in total. The molecule has 0 fully saturated rings. The van der Waals surface area contributed by atoms with E-state index in [1.54, 1.807) is 12.3 Å². The van der Waals surface area contributed by atoms with Gasteiger partial charge in [-0.3, -0.25) is 4.98 Å². The lowest BCUT2D eigenvalue weighted by atomic mass is 10.0. The highest BCUT2D eigenvalue weighted by molar-refractivity contribution is 7.93. The second kappa shape index (κ2) is 10.2. The number of benzene rings is 1. The zero-order valence-corrected chi connectivity index (χ0v) is 20.6. The average Bonchev–Trinajstić information content (AvgIpc) is 2.74. The van der Waals surface area contributed by atoms with Crippen molar-refractivity contribution in [3.63, 3.8) is 0 Å². The zero-order chi connectivity index (χ0) is 24.2. The largest absolute Gasteiger partial charge is 0.487 e. The fourth-order valence-corrected chi connectivity index (χ4v) is 4.00. The van der Waals surface area contributed by atoms with E-state index in [4.69, 9.17) is 21.3 Å². The minimum Gasteiger partial charge on any atom is -0.487 e. The highest BCUT2D eigenvalue weighted by Gasteiger charge is 2.15. The number of pyridine rings is 2. The summed E-state index contributed by atoms with van der Waals surface area (Å²) in [5, 5.41) is 2.45. The molecule has 0 atom stereocenters. The van der Waals surface area contributed by atoms with Crippen LogP contribution in [-0.2, 0) is 16.4 Å². The highest BCUT2D eigenvalue weighted by atomic mass is 35.5. The molecular weight excluding hydrogens is 458 g/mol. The molecule has 0 aliphatic rings. The highest BCUT2D eigenvalue weighted by Crippen LogP contribution is 2.32. The second-order valence-corrected chi connectivity index (χ2v) is 10.1. The Balaban J connectivity index is 2.05. The Morgan fingerprint density at radius 2 is 2.03 bits per heavy atom. The molecule has 0 saturated heterocycles. The molecule has 2 heterocycles. The summed E-state index contributed by atoms with van der Waals surface area (Å²) in [7, 11) is 0.665. The Morgan fingerprint density at radius 3 is 2.70 bits per heavy atom. The summed E-state index contributed by atoms with van der Waals surface area (Å²) >= 11 is 6.36. The molecule has 0 unspecified atom stereocenters. The number of hydrogen-bond acceptors (Lipinski definition) is 6. The molecule has 2 aromatic heterocycles. The molecule has 0 aliphatic heterocycles. The van der Waals surface area contributed by atoms with Gasteiger partial charge in [0, 0.05) is 71.6 Å². The minimum absolute atomic E-state index is 0.123. The first-order valence-electron chi connectivity index (χ1n) is 10.1. The van der Waals surface area contributed by atoms with Gasteiger partial charge in [-0.15, -0.1) is 0 Å². The third-order valence-electron chi connectivity index (χ3n) is 4.87. The van der Waals surface area contributed by atoms with E-state index >= 15 is 0 Å². The zero-order valence-electron chi connectivity index (χ0n) is 19.0. The summed E-state index contributed by atoms with van der Waals surface area (Å²) in [5.74, 6) is 0.597. The molecule has 3 aromatic rings. The maximum Gasteiger partial charge on any atom is 0.168 e. The maximum atomic E-state index is 11.5. The van der Waals surface area contributed by atoms with Crippen molar-refractivity contribution in [3.8, 4) is 5.75 Å². The average molecular weight is 484 g/mol. The monoisotopic (exact) mass is 483 g/mol. The van der Waals surface area contributed by atoms with Crippen LogP contribution in [0.2, 0.25) is 5.02 Å². The smallest absolute Gasteiger partial charge is 0.168 e. The van der Waals surface area contributed by atoms with Crippen LogP contribution >= 0.6 is 11.6 Å². The number of halogens is 1. The van der Waals surface area contributed by atoms with Crippen molar-refractivity contribution in [2.75, 3.05) is 20.4 Å². The van der Waals surface area contributed by atoms with E-state index in [2.05, 4.69) is 11.6 Å². The molecule has 3 rings (SSSR count). The van der Waals surface area contributed by atoms with Crippen LogP contribution in [-0.4, -0.2) is 43.6 Å². The number of ether oxygens (including phenoxy) is 1. The number of aromatic nitrogens is 2. The van der Waals surface area contributed by atoms with E-state index < -0.39 is 9.84 Å². The van der Waals surface area contributed by atoms with Gasteiger partial charge in [0.1, 0.15) is 17.9 Å². The lowest BCUT2D eigenvalue weighted by Crippen LogP contribution is -2.11. The van der Waals surface area contributed by atoms with E-state index in [0.29, 0.717) is 21.9 Å². The lowest BCUT2D eigenvalue weighted by molar-refractivity contribution is 0.309. The van der Waals surface area contributed by atoms with E-state index in [9.17, 15) is 8.42 Å². The SMILES string of the molecule is C=C/C=C(/c1cc(C)nc2c(OCc3c(Cl)cncc3/C=C/S(C)(=O)=O)cccc12)N(C)C. The Morgan fingerprint density at radius 1 is 1.27 bits per heavy atom. The van der Waals surface area contributed by atoms with Crippen molar-refractivity contribution in [2.24, 2.45) is 0 Å². The van der Waals surface area contributed by atoms with Gasteiger partial charge in [-0.1, -0.05) is 36.4 Å². The van der Waals surface area contributed by atoms with Gasteiger partial charge in [-0.25, -0.2) is 13.4 Å². The van der Waals surface area contributed by atoms with Gasteiger partial charge in [0.05, 0.1) is 5.02 Å². The van der Waals surface area contributed by atoms with Crippen molar-refractivity contribution in [2.45, 2.75) is 13.5 Å². The first-order valence-corrected chi connectivity index (χ1v) is 12.5. The van der Waals surface area contributed by atoms with Gasteiger partial charge < -0.3 is 9.64 Å². The summed E-state index contributed by atoms with van der Waals surface area (Å²) in [5.41, 5.74) is 4.81. The van der Waals surface area contributed by atoms with Crippen LogP contribution in [0.1, 0.15) is 22.4 Å². The summed E-state index contributed by atoms with van der Waals surface area (Å²) < 4.78 is 29.2. The number of nitrogens with zero attached hydrogens (tertiary/aromatic N) is 3. The van der Waals surface area contributed by atoms with Crippen molar-refractivity contribution in [3.05, 3.63) is 88.2 Å². The second-order valence-electron chi connectivity index (χ2n) is 7.76. The molecule has 0 radical (unpaired) electrons. The fraction of sp³-hybridized carbons (Fsp3) is 0.200. The van der Waals surface area contributed by atoms with E-state index in [0.717, 1.165) is 39.5 Å². The van der Waals surface area contributed by atoms with Crippen LogP contribution < -0.4 is 4.74 Å². The predicted octanol–water partition coefficient (Wildman–Crippen LogP) is 5.27. The van der Waals surface area contributed by atoms with Gasteiger partial charge in [-0.05, 0) is 31.2 Å². The van der Waals surface area contributed by atoms with Crippen LogP contribution in [0.5, 0.6) is 5.75 Å². The van der Waals surface area contributed by atoms with Crippen LogP contribution in [0, 0.1) is 6.92 Å². The van der Waals surface area contributed by atoms with Crippen LogP contribution in [0.15, 0.2) is 60.8 Å². The molecule has 0 saturated carbocycles. The van der Waals surface area contributed by atoms with Gasteiger partial charge >= 0.3 is 0 Å². The van der Waals surface area contributed by atoms with Crippen molar-refractivity contribution in [1.82, 2.24) is 14.9 Å². The summed E-state index contributed by atoms with van der Waals surface area (Å²) in [4.78, 5) is 10.8. The molecule has 1 aromatic carbocycles. The first kappa shape index (κ1) is 24.5. The van der Waals surface area contributed by atoms with Gasteiger partial charge in [0.2, 0.25) is 0 Å². The summed E-state index contributed by atoms with van der Waals surface area (Å²) in [6.45, 7) is 5.90. The van der Waals surface area contributed by atoms with Crippen molar-refractivity contribution < 1.29 is 13.2 Å². The van der Waals surface area contributed by atoms with Gasteiger partial charge in [0.25, 0.3) is 0 Å². The number of allylic oxidation sites excluding steroid dienone is 2. The quantitative estimate of drug-likeness (QED) is 0.406. The van der Waals surface area contributed by atoms with Crippen molar-refractivity contribution in [1.29, 1.82) is 0 Å². The minimum atomic E-state index is -3.30. The Kier molecular flexibility index (Phi) is 7.56. The van der Waals surface area contributed by atoms with Gasteiger partial charge in [0.15, 0.2) is 9.84 Å². The molecule has 33 heavy (non-hydrogen) atoms. The standard InChI is InChI=1S/C25H26ClN3O3S/c1-6-8-23(29(3)4)20-13-17(2)28-25-19(20)9-7-10-24(25)32-16-21-18(11-12-33(5,30)31)14-27-15-22(21)26/h6-15H,1,16H2,2-5H3/b12-11+,23-8-. The summed E-state index contributed by atoms with van der Waals surface area (Å²) in [6.07, 6.45) is 9.37. The van der Waals surface area contributed by atoms with Crippen LogP contribution in [0.3, 0.4) is 0 Å². The number of sulfone groups is 1. The Hall–Kier alpha value is -3.16. The van der Waals surface area contributed by atoms with E-state index in [-0.39, 0.29) is 6.61 Å². The lowest BCUT2D eigenvalue weighted by Gasteiger charge is -2.20. The number of para-hydroxylation sites is 1. The number of rotatable bonds is 8. The molecule has 0 aliphatic carbocycles. The van der Waals surface area contributed by atoms with Crippen LogP contribution in [0.25, 0.3) is 22.7 Å². The number of hydrogen-bond donors (Lipinski definition) is 0. The normalized spacial score (nSPS) is 12.3. The molecule has 0 bridgehead atoms. The van der Waals surface area contributed by atoms with E-state index in [1.165, 1.54) is 12.3 Å². The maximum absolute atomic E-state index is 11.5. The van der Waals surface area contributed by atoms with Gasteiger partial charge in [-0.2, -0.15) is 0 Å². The number of fused-ring (bicyclic) bond motifs is 1. The molecule has 0 amide bonds. The molecule has 0 spiro atoms. The third kappa shape index (κ3) is 6.00. The third-order valence-corrected chi connectivity index (χ3v) is 5.83. The Labute approximate surface area is 199 Å². The first-order chi connectivity index (χ1) is 15.6. The van der Waals surface area contributed by atoms with Crippen LogP contribution in [0.4, 0.5) is 0 Å². The summed E-state index contributed by atoms with van der Waals surface area (Å²) in [6, 6.07) is 7.81. The number of aryl methyl sites for hydroxylation is 1. The Bertz CT molecular complexity index is 1360. The predicted molar refractivity (Wildman–Crippen MR) is 136 cm³/mol. The van der Waals surface area contributed by atoms with E-state index in [1.807, 2.05) is 56.3 Å². The molecule has 6 nitrogen and oxygen atoms in total.